The molecule has 0 aliphatic carbocycles. The predicted molar refractivity (Wildman–Crippen MR) is 47.1 cm³/mol. The van der Waals surface area contributed by atoms with Gasteiger partial charge >= 0.3 is 0 Å². The van der Waals surface area contributed by atoms with Gasteiger partial charge in [-0.3, -0.25) is 0 Å². The van der Waals surface area contributed by atoms with Crippen LogP contribution in [0, 0.1) is 11.6 Å². The van der Waals surface area contributed by atoms with Crippen molar-refractivity contribution in [1.82, 2.24) is 0 Å². The van der Waals surface area contributed by atoms with Crippen molar-refractivity contribution in [3.63, 3.8) is 0 Å². The van der Waals surface area contributed by atoms with Crippen molar-refractivity contribution in [2.75, 3.05) is 6.61 Å². The fourth-order valence-corrected chi connectivity index (χ4v) is 0.905. The average molecular weight is 189 g/mol. The highest BCUT2D eigenvalue weighted by atomic mass is 19.2. The van der Waals surface area contributed by atoms with E-state index in [1.54, 1.807) is 0 Å². The maximum atomic E-state index is 12.9. The lowest BCUT2D eigenvalue weighted by molar-refractivity contribution is 0.264. The van der Waals surface area contributed by atoms with E-state index in [4.69, 9.17) is 10.8 Å². The van der Waals surface area contributed by atoms with Crippen LogP contribution >= 0.6 is 0 Å². The normalized spacial score (nSPS) is 12.0. The van der Waals surface area contributed by atoms with Crippen molar-refractivity contribution in [3.05, 3.63) is 35.4 Å². The molecule has 0 saturated carbocycles. The van der Waals surface area contributed by atoms with E-state index in [2.05, 4.69) is 0 Å². The monoisotopic (exact) mass is 189 g/mol. The third-order valence-corrected chi connectivity index (χ3v) is 1.58. The number of hydrogen-bond acceptors (Lipinski definition) is 2. The third-order valence-electron chi connectivity index (χ3n) is 1.58. The Morgan fingerprint density at radius 3 is 2.54 bits per heavy atom. The first kappa shape index (κ1) is 12.0. The third kappa shape index (κ3) is 2.47. The van der Waals surface area contributed by atoms with Crippen molar-refractivity contribution in [1.29, 1.82) is 0 Å². The number of aliphatic hydroxyl groups excluding tert-OH is 1. The highest BCUT2D eigenvalue weighted by Gasteiger charge is 2.12. The summed E-state index contributed by atoms with van der Waals surface area (Å²) in [7, 11) is 0. The van der Waals surface area contributed by atoms with E-state index >= 15 is 0 Å². The second-order valence-electron chi connectivity index (χ2n) is 2.43. The fourth-order valence-electron chi connectivity index (χ4n) is 0.905. The van der Waals surface area contributed by atoms with Gasteiger partial charge in [0.15, 0.2) is 11.6 Å². The minimum Gasteiger partial charge on any atom is -0.394 e. The molecule has 0 saturated heterocycles. The van der Waals surface area contributed by atoms with Gasteiger partial charge in [-0.25, -0.2) is 8.78 Å². The molecule has 0 fully saturated rings. The smallest absolute Gasteiger partial charge is 0.163 e. The molecular weight excluding hydrogens is 176 g/mol. The summed E-state index contributed by atoms with van der Waals surface area (Å²) in [6.45, 7) is -0.402. The van der Waals surface area contributed by atoms with Crippen LogP contribution in [0.15, 0.2) is 18.2 Å². The number of aliphatic hydroxyl groups is 1. The molecule has 0 heterocycles. The van der Waals surface area contributed by atoms with Gasteiger partial charge in [-0.05, 0) is 6.07 Å². The molecular formula is C9H13F2NO. The summed E-state index contributed by atoms with van der Waals surface area (Å²) in [6, 6.07) is 2.84. The molecule has 1 atom stereocenters. The zero-order valence-electron chi connectivity index (χ0n) is 6.30. The molecule has 1 aromatic carbocycles. The molecule has 1 unspecified atom stereocenters. The summed E-state index contributed by atoms with van der Waals surface area (Å²) < 4.78 is 25.4. The van der Waals surface area contributed by atoms with Crippen molar-refractivity contribution < 1.29 is 13.9 Å². The molecule has 0 radical (unpaired) electrons. The Hall–Kier alpha value is -1.00. The van der Waals surface area contributed by atoms with Crippen LogP contribution < -0.4 is 5.73 Å². The van der Waals surface area contributed by atoms with E-state index in [0.29, 0.717) is 0 Å². The average Bonchev–Trinajstić information content (AvgIpc) is 2.08. The van der Waals surface area contributed by atoms with E-state index < -0.39 is 24.3 Å². The van der Waals surface area contributed by atoms with Gasteiger partial charge in [-0.15, -0.1) is 0 Å². The van der Waals surface area contributed by atoms with Gasteiger partial charge in [-0.2, -0.15) is 0 Å². The predicted octanol–water partition coefficient (Wildman–Crippen LogP) is 1.59. The molecule has 1 aromatic rings. The molecule has 0 aliphatic rings. The van der Waals surface area contributed by atoms with Crippen LogP contribution in [0.2, 0.25) is 0 Å². The minimum absolute atomic E-state index is 0. The van der Waals surface area contributed by atoms with Crippen molar-refractivity contribution in [2.24, 2.45) is 5.73 Å². The van der Waals surface area contributed by atoms with E-state index in [9.17, 15) is 8.78 Å². The maximum absolute atomic E-state index is 12.9. The van der Waals surface area contributed by atoms with Gasteiger partial charge in [0.2, 0.25) is 0 Å². The van der Waals surface area contributed by atoms with Gasteiger partial charge in [0.05, 0.1) is 12.6 Å². The minimum atomic E-state index is -0.987. The van der Waals surface area contributed by atoms with E-state index in [0.717, 1.165) is 6.07 Å². The van der Waals surface area contributed by atoms with Crippen LogP contribution in [0.25, 0.3) is 0 Å². The second-order valence-corrected chi connectivity index (χ2v) is 2.43. The van der Waals surface area contributed by atoms with Crippen LogP contribution in [-0.4, -0.2) is 11.7 Å². The largest absolute Gasteiger partial charge is 0.394 e. The summed E-state index contributed by atoms with van der Waals surface area (Å²) in [5.41, 5.74) is 5.30. The van der Waals surface area contributed by atoms with Gasteiger partial charge in [0.1, 0.15) is 0 Å². The number of nitrogens with two attached hydrogens (primary N) is 1. The quantitative estimate of drug-likeness (QED) is 0.742. The first-order chi connectivity index (χ1) is 5.66. The Kier molecular flexibility index (Phi) is 4.51. The van der Waals surface area contributed by atoms with Crippen molar-refractivity contribution in [2.45, 2.75) is 13.5 Å². The Bertz CT molecular complexity index is 278. The Labute approximate surface area is 76.0 Å². The summed E-state index contributed by atoms with van der Waals surface area (Å²) in [6.07, 6.45) is 0. The van der Waals surface area contributed by atoms with E-state index in [-0.39, 0.29) is 13.0 Å². The molecule has 74 valence electrons. The Morgan fingerprint density at radius 2 is 2.00 bits per heavy atom. The molecule has 0 amide bonds. The summed E-state index contributed by atoms with van der Waals surface area (Å²) >= 11 is 0. The zero-order chi connectivity index (χ0) is 9.14. The molecule has 0 spiro atoms. The van der Waals surface area contributed by atoms with Crippen LogP contribution in [0.3, 0.4) is 0 Å². The van der Waals surface area contributed by atoms with E-state index in [1.807, 2.05) is 0 Å². The van der Waals surface area contributed by atoms with Crippen LogP contribution in [0.5, 0.6) is 0 Å². The van der Waals surface area contributed by atoms with Gasteiger partial charge in [-0.1, -0.05) is 19.6 Å². The molecule has 2 nitrogen and oxygen atoms in total. The fraction of sp³-hybridized carbons (Fsp3) is 0.333. The van der Waals surface area contributed by atoms with Crippen molar-refractivity contribution in [3.8, 4) is 0 Å². The van der Waals surface area contributed by atoms with Crippen LogP contribution in [0.4, 0.5) is 8.78 Å². The molecule has 13 heavy (non-hydrogen) atoms. The van der Waals surface area contributed by atoms with Gasteiger partial charge in [0.25, 0.3) is 0 Å². The molecule has 0 aromatic heterocycles. The Morgan fingerprint density at radius 1 is 1.38 bits per heavy atom. The Balaban J connectivity index is 0.00000144. The summed E-state index contributed by atoms with van der Waals surface area (Å²) in [5, 5.41) is 8.59. The SMILES string of the molecule is C.NC(CO)c1cccc(F)c1F. The van der Waals surface area contributed by atoms with Gasteiger partial charge < -0.3 is 10.8 Å². The zero-order valence-corrected chi connectivity index (χ0v) is 6.30. The molecule has 4 heteroatoms. The topological polar surface area (TPSA) is 46.2 Å². The van der Waals surface area contributed by atoms with Crippen molar-refractivity contribution >= 4 is 0 Å². The van der Waals surface area contributed by atoms with Gasteiger partial charge in [0, 0.05) is 5.56 Å². The highest BCUT2D eigenvalue weighted by Crippen LogP contribution is 2.16. The van der Waals surface area contributed by atoms with Crippen LogP contribution in [-0.2, 0) is 0 Å². The first-order valence-electron chi connectivity index (χ1n) is 3.47. The standard InChI is InChI=1S/C8H9F2NO.CH4/c9-6-3-1-2-5(8(6)10)7(11)4-12;/h1-3,7,12H,4,11H2;1H4. The summed E-state index contributed by atoms with van der Waals surface area (Å²) in [5.74, 6) is -1.93. The lowest BCUT2D eigenvalue weighted by atomic mass is 10.1. The number of halogens is 2. The first-order valence-corrected chi connectivity index (χ1v) is 3.47. The highest BCUT2D eigenvalue weighted by molar-refractivity contribution is 5.22. The summed E-state index contributed by atoms with van der Waals surface area (Å²) in [4.78, 5) is 0. The molecule has 0 aliphatic heterocycles. The molecule has 0 bridgehead atoms. The van der Waals surface area contributed by atoms with Crippen LogP contribution in [0.1, 0.15) is 19.0 Å². The number of benzene rings is 1. The lowest BCUT2D eigenvalue weighted by Gasteiger charge is -2.09. The maximum Gasteiger partial charge on any atom is 0.163 e. The second kappa shape index (κ2) is 4.89. The molecule has 1 rings (SSSR count). The number of hydrogen-bond donors (Lipinski definition) is 2. The number of rotatable bonds is 2. The van der Waals surface area contributed by atoms with E-state index in [1.165, 1.54) is 12.1 Å². The molecule has 3 N–H and O–H groups in total. The lowest BCUT2D eigenvalue weighted by Crippen LogP contribution is -2.16.